The first kappa shape index (κ1) is 28.2. The molecule has 1 fully saturated rings. The fourth-order valence-electron chi connectivity index (χ4n) is 7.48. The molecule has 1 saturated carbocycles. The van der Waals surface area contributed by atoms with E-state index in [0.29, 0.717) is 22.4 Å². The highest BCUT2D eigenvalue weighted by Crippen LogP contribution is 2.54. The van der Waals surface area contributed by atoms with Crippen LogP contribution in [0.4, 0.5) is 0 Å². The van der Waals surface area contributed by atoms with Crippen molar-refractivity contribution in [2.45, 2.75) is 30.9 Å². The van der Waals surface area contributed by atoms with Crippen molar-refractivity contribution in [3.8, 4) is 33.6 Å². The predicted octanol–water partition coefficient (Wildman–Crippen LogP) is 6.71. The summed E-state index contributed by atoms with van der Waals surface area (Å²) in [5.74, 6) is -0.665. The zero-order chi connectivity index (χ0) is 32.6. The van der Waals surface area contributed by atoms with Gasteiger partial charge in [-0.05, 0) is 48.4 Å². The zero-order valence-corrected chi connectivity index (χ0v) is 25.9. The van der Waals surface area contributed by atoms with Crippen LogP contribution >= 0.6 is 0 Å². The summed E-state index contributed by atoms with van der Waals surface area (Å²) in [6.45, 7) is 1.74. The normalized spacial score (nSPS) is 20.3. The highest BCUT2D eigenvalue weighted by atomic mass is 16.3. The van der Waals surface area contributed by atoms with Gasteiger partial charge in [0.15, 0.2) is 11.3 Å². The molecule has 2 aliphatic rings. The Bertz CT molecular complexity index is 2380. The van der Waals surface area contributed by atoms with Crippen molar-refractivity contribution in [1.82, 2.24) is 29.5 Å². The number of pyridine rings is 2. The van der Waals surface area contributed by atoms with Crippen molar-refractivity contribution >= 4 is 28.5 Å². The first-order chi connectivity index (χ1) is 23.3. The number of hydrogen-bond acceptors (Lipinski definition) is 7. The minimum atomic E-state index is -1.01. The molecule has 5 heterocycles. The van der Waals surface area contributed by atoms with Gasteiger partial charge in [-0.2, -0.15) is 9.61 Å². The molecule has 1 aliphatic heterocycles. The molecule has 2 amide bonds. The molecule has 48 heavy (non-hydrogen) atoms. The van der Waals surface area contributed by atoms with Crippen LogP contribution in [-0.2, 0) is 5.54 Å². The summed E-state index contributed by atoms with van der Waals surface area (Å²) < 4.78 is 1.77. The maximum absolute atomic E-state index is 13.6. The Morgan fingerprint density at radius 1 is 0.729 bits per heavy atom. The molecule has 0 unspecified atom stereocenters. The Balaban J connectivity index is 1.18. The average molecular weight is 629 g/mol. The molecule has 0 bridgehead atoms. The van der Waals surface area contributed by atoms with Crippen LogP contribution in [0.15, 0.2) is 122 Å². The third kappa shape index (κ3) is 4.21. The standard InChI is InChI=1S/C39H28N6O3/c1-38(48)22-39(23-38,44-36(46)29-9-5-6-10-30(29)37(44)47)28-13-11-26(12-14-28)34-31(24-7-3-2-4-8-24)19-27-21-41-33-20-32(25-15-17-40-18-16-25)43-45(33)35(27)42-34/h2-21,48H,22-23H2,1H3. The summed E-state index contributed by atoms with van der Waals surface area (Å²) in [7, 11) is 0. The van der Waals surface area contributed by atoms with E-state index in [1.165, 1.54) is 4.90 Å². The monoisotopic (exact) mass is 628 g/mol. The van der Waals surface area contributed by atoms with Gasteiger partial charge in [-0.3, -0.25) is 19.5 Å². The zero-order valence-electron chi connectivity index (χ0n) is 25.9. The lowest BCUT2D eigenvalue weighted by Crippen LogP contribution is -2.63. The molecule has 4 aromatic heterocycles. The Morgan fingerprint density at radius 2 is 1.40 bits per heavy atom. The van der Waals surface area contributed by atoms with Gasteiger partial charge in [0.2, 0.25) is 0 Å². The molecular formula is C39H28N6O3. The van der Waals surface area contributed by atoms with Crippen LogP contribution in [0.25, 0.3) is 50.3 Å². The number of hydrogen-bond donors (Lipinski definition) is 1. The fraction of sp³-hybridized carbons (Fsp3) is 0.128. The fourth-order valence-corrected chi connectivity index (χ4v) is 7.48. The number of carbonyl (C=O) groups is 2. The molecular weight excluding hydrogens is 600 g/mol. The van der Waals surface area contributed by atoms with Crippen LogP contribution in [0.3, 0.4) is 0 Å². The average Bonchev–Trinajstić information content (AvgIpc) is 3.66. The van der Waals surface area contributed by atoms with Crippen molar-refractivity contribution in [2.75, 3.05) is 0 Å². The number of aliphatic hydroxyl groups is 1. The smallest absolute Gasteiger partial charge is 0.262 e. The predicted molar refractivity (Wildman–Crippen MR) is 181 cm³/mol. The maximum atomic E-state index is 13.6. The third-order valence-corrected chi connectivity index (χ3v) is 9.58. The molecule has 0 atom stereocenters. The van der Waals surface area contributed by atoms with Crippen LogP contribution in [0.5, 0.6) is 0 Å². The Hall–Kier alpha value is -6.06. The first-order valence-corrected chi connectivity index (χ1v) is 15.8. The van der Waals surface area contributed by atoms with E-state index >= 15 is 0 Å². The third-order valence-electron chi connectivity index (χ3n) is 9.58. The van der Waals surface area contributed by atoms with Crippen LogP contribution < -0.4 is 0 Å². The van der Waals surface area contributed by atoms with Gasteiger partial charge in [0.05, 0.1) is 33.7 Å². The highest BCUT2D eigenvalue weighted by molar-refractivity contribution is 6.22. The van der Waals surface area contributed by atoms with Gasteiger partial charge in [0, 0.05) is 59.6 Å². The minimum Gasteiger partial charge on any atom is -0.390 e. The topological polar surface area (TPSA) is 114 Å². The summed E-state index contributed by atoms with van der Waals surface area (Å²) in [5.41, 5.74) is 6.18. The van der Waals surface area contributed by atoms with Gasteiger partial charge in [-0.1, -0.05) is 66.7 Å². The molecule has 232 valence electrons. The van der Waals surface area contributed by atoms with Crippen LogP contribution in [0, 0.1) is 0 Å². The lowest BCUT2D eigenvalue weighted by atomic mass is 9.61. The summed E-state index contributed by atoms with van der Waals surface area (Å²) in [4.78, 5) is 42.7. The van der Waals surface area contributed by atoms with Crippen LogP contribution in [-0.4, -0.2) is 52.0 Å². The summed E-state index contributed by atoms with van der Waals surface area (Å²) in [6, 6.07) is 32.7. The Kier molecular flexibility index (Phi) is 6.00. The van der Waals surface area contributed by atoms with E-state index in [1.807, 2.05) is 66.9 Å². The number of fused-ring (bicyclic) bond motifs is 4. The van der Waals surface area contributed by atoms with E-state index in [-0.39, 0.29) is 24.7 Å². The molecule has 0 spiro atoms. The molecule has 9 heteroatoms. The minimum absolute atomic E-state index is 0.248. The van der Waals surface area contributed by atoms with Crippen LogP contribution in [0.1, 0.15) is 46.0 Å². The quantitative estimate of drug-likeness (QED) is 0.211. The van der Waals surface area contributed by atoms with Gasteiger partial charge in [0.25, 0.3) is 11.8 Å². The van der Waals surface area contributed by atoms with E-state index in [9.17, 15) is 14.7 Å². The number of aromatic nitrogens is 5. The first-order valence-electron chi connectivity index (χ1n) is 15.8. The SMILES string of the molecule is CC1(O)CC(c2ccc(-c3nc4c(cnc5cc(-c6ccncc6)nn54)cc3-c3ccccc3)cc2)(N2C(=O)c3ccccc3C2=O)C1. The summed E-state index contributed by atoms with van der Waals surface area (Å²) in [6.07, 6.45) is 5.79. The number of benzene rings is 3. The van der Waals surface area contributed by atoms with Gasteiger partial charge in [-0.25, -0.2) is 9.97 Å². The van der Waals surface area contributed by atoms with Gasteiger partial charge in [0.1, 0.15) is 0 Å². The molecule has 3 aromatic carbocycles. The molecule has 0 saturated heterocycles. The number of imide groups is 1. The summed E-state index contributed by atoms with van der Waals surface area (Å²) >= 11 is 0. The lowest BCUT2D eigenvalue weighted by Gasteiger charge is -2.55. The molecule has 7 aromatic rings. The molecule has 9 nitrogen and oxygen atoms in total. The lowest BCUT2D eigenvalue weighted by molar-refractivity contribution is -0.118. The molecule has 1 aliphatic carbocycles. The maximum Gasteiger partial charge on any atom is 0.262 e. The second-order valence-corrected chi connectivity index (χ2v) is 12.9. The molecule has 0 radical (unpaired) electrons. The highest BCUT2D eigenvalue weighted by Gasteiger charge is 2.60. The Morgan fingerprint density at radius 3 is 2.06 bits per heavy atom. The van der Waals surface area contributed by atoms with Gasteiger partial charge < -0.3 is 5.11 Å². The number of nitrogens with zero attached hydrogens (tertiary/aromatic N) is 6. The Labute approximate surface area is 275 Å². The number of amides is 2. The van der Waals surface area contributed by atoms with Crippen molar-refractivity contribution in [1.29, 1.82) is 0 Å². The van der Waals surface area contributed by atoms with Crippen molar-refractivity contribution < 1.29 is 14.7 Å². The van der Waals surface area contributed by atoms with Crippen molar-refractivity contribution in [3.05, 3.63) is 138 Å². The van der Waals surface area contributed by atoms with E-state index < -0.39 is 11.1 Å². The second-order valence-electron chi connectivity index (χ2n) is 12.9. The number of rotatable bonds is 5. The van der Waals surface area contributed by atoms with E-state index in [1.54, 1.807) is 48.1 Å². The number of carbonyl (C=O) groups excluding carboxylic acids is 2. The van der Waals surface area contributed by atoms with E-state index in [2.05, 4.69) is 28.2 Å². The molecule has 1 N–H and O–H groups in total. The molecule has 9 rings (SSSR count). The van der Waals surface area contributed by atoms with Crippen LogP contribution in [0.2, 0.25) is 0 Å². The second kappa shape index (κ2) is 10.2. The van der Waals surface area contributed by atoms with Gasteiger partial charge >= 0.3 is 0 Å². The van der Waals surface area contributed by atoms with E-state index in [0.717, 1.165) is 44.6 Å². The van der Waals surface area contributed by atoms with Crippen molar-refractivity contribution in [3.63, 3.8) is 0 Å². The largest absolute Gasteiger partial charge is 0.390 e. The summed E-state index contributed by atoms with van der Waals surface area (Å²) in [5, 5.41) is 16.7. The van der Waals surface area contributed by atoms with Crippen molar-refractivity contribution in [2.24, 2.45) is 0 Å². The van der Waals surface area contributed by atoms with E-state index in [4.69, 9.17) is 10.1 Å². The van der Waals surface area contributed by atoms with Gasteiger partial charge in [-0.15, -0.1) is 0 Å².